The predicted molar refractivity (Wildman–Crippen MR) is 85.8 cm³/mol. The molecule has 24 heavy (non-hydrogen) atoms. The van der Waals surface area contributed by atoms with Gasteiger partial charge >= 0.3 is 0 Å². The molecule has 3 rings (SSSR count). The fourth-order valence-electron chi connectivity index (χ4n) is 3.15. The molecule has 8 nitrogen and oxygen atoms in total. The third-order valence-corrected chi connectivity index (χ3v) is 6.74. The molecule has 2 saturated heterocycles. The van der Waals surface area contributed by atoms with Gasteiger partial charge in [0, 0.05) is 32.1 Å². The van der Waals surface area contributed by atoms with Crippen LogP contribution in [0.1, 0.15) is 50.7 Å². The second kappa shape index (κ2) is 6.70. The first kappa shape index (κ1) is 17.8. The summed E-state index contributed by atoms with van der Waals surface area (Å²) in [6.07, 6.45) is 1.79. The van der Waals surface area contributed by atoms with Crippen LogP contribution < -0.4 is 0 Å². The van der Waals surface area contributed by atoms with E-state index in [1.54, 1.807) is 0 Å². The molecule has 0 aliphatic carbocycles. The first-order chi connectivity index (χ1) is 11.3. The molecule has 2 fully saturated rings. The lowest BCUT2D eigenvalue weighted by Crippen LogP contribution is -2.38. The Bertz CT molecular complexity index is 668. The van der Waals surface area contributed by atoms with Crippen LogP contribution in [0.15, 0.2) is 4.52 Å². The van der Waals surface area contributed by atoms with Gasteiger partial charge in [-0.2, -0.15) is 9.29 Å². The van der Waals surface area contributed by atoms with E-state index in [4.69, 9.17) is 9.26 Å². The van der Waals surface area contributed by atoms with Crippen LogP contribution in [0.25, 0.3) is 0 Å². The van der Waals surface area contributed by atoms with E-state index in [0.717, 1.165) is 12.8 Å². The lowest BCUT2D eigenvalue weighted by Gasteiger charge is -2.25. The SMILES string of the molecule is CC(C)c1noc([C@@]2(O)CCN(S(=O)(=O)CC3CCOCC3)C2)n1. The molecule has 136 valence electrons. The van der Waals surface area contributed by atoms with Gasteiger partial charge in [0.15, 0.2) is 11.4 Å². The maximum absolute atomic E-state index is 12.6. The van der Waals surface area contributed by atoms with Gasteiger partial charge in [-0.25, -0.2) is 8.42 Å². The Morgan fingerprint density at radius 3 is 2.71 bits per heavy atom. The zero-order valence-electron chi connectivity index (χ0n) is 14.1. The highest BCUT2D eigenvalue weighted by Crippen LogP contribution is 2.33. The van der Waals surface area contributed by atoms with Crippen molar-refractivity contribution in [1.82, 2.24) is 14.4 Å². The Hall–Kier alpha value is -1.03. The fourth-order valence-corrected chi connectivity index (χ4v) is 5.07. The van der Waals surface area contributed by atoms with E-state index >= 15 is 0 Å². The molecule has 0 unspecified atom stereocenters. The van der Waals surface area contributed by atoms with Crippen LogP contribution in [0, 0.1) is 5.92 Å². The number of sulfonamides is 1. The van der Waals surface area contributed by atoms with Crippen LogP contribution in [0.4, 0.5) is 0 Å². The number of rotatable bonds is 5. The van der Waals surface area contributed by atoms with Crippen molar-refractivity contribution in [3.05, 3.63) is 11.7 Å². The van der Waals surface area contributed by atoms with Gasteiger partial charge in [-0.15, -0.1) is 0 Å². The van der Waals surface area contributed by atoms with Crippen molar-refractivity contribution in [1.29, 1.82) is 0 Å². The highest BCUT2D eigenvalue weighted by molar-refractivity contribution is 7.89. The molecule has 9 heteroatoms. The summed E-state index contributed by atoms with van der Waals surface area (Å²) in [4.78, 5) is 4.23. The van der Waals surface area contributed by atoms with Gasteiger partial charge in [0.1, 0.15) is 0 Å². The van der Waals surface area contributed by atoms with E-state index in [2.05, 4.69) is 10.1 Å². The third-order valence-electron chi connectivity index (χ3n) is 4.75. The topological polar surface area (TPSA) is 106 Å². The molecular weight excluding hydrogens is 334 g/mol. The van der Waals surface area contributed by atoms with Gasteiger partial charge < -0.3 is 14.4 Å². The highest BCUT2D eigenvalue weighted by Gasteiger charge is 2.46. The molecule has 0 bridgehead atoms. The summed E-state index contributed by atoms with van der Waals surface area (Å²) >= 11 is 0. The fraction of sp³-hybridized carbons (Fsp3) is 0.867. The number of nitrogens with zero attached hydrogens (tertiary/aromatic N) is 3. The molecule has 1 aromatic rings. The van der Waals surface area contributed by atoms with E-state index in [9.17, 15) is 13.5 Å². The van der Waals surface area contributed by atoms with E-state index < -0.39 is 15.6 Å². The molecule has 0 saturated carbocycles. The van der Waals surface area contributed by atoms with Gasteiger partial charge in [-0.1, -0.05) is 19.0 Å². The summed E-state index contributed by atoms with van der Waals surface area (Å²) in [5.41, 5.74) is -1.40. The van der Waals surface area contributed by atoms with Crippen LogP contribution in [-0.4, -0.2) is 60.0 Å². The Morgan fingerprint density at radius 1 is 1.38 bits per heavy atom. The van der Waals surface area contributed by atoms with Gasteiger partial charge in [0.2, 0.25) is 10.0 Å². The molecule has 1 aromatic heterocycles. The first-order valence-corrected chi connectivity index (χ1v) is 10.0. The zero-order chi connectivity index (χ0) is 17.4. The monoisotopic (exact) mass is 359 g/mol. The Balaban J connectivity index is 1.68. The largest absolute Gasteiger partial charge is 0.381 e. The number of hydrogen-bond donors (Lipinski definition) is 1. The maximum Gasteiger partial charge on any atom is 0.260 e. The standard InChI is InChI=1S/C15H25N3O5S/c1-11(2)13-16-14(23-17-13)15(19)5-6-18(10-15)24(20,21)9-12-3-7-22-8-4-12/h11-12,19H,3-10H2,1-2H3/t15-/m1/s1. The van der Waals surface area contributed by atoms with Crippen LogP contribution >= 0.6 is 0 Å². The minimum atomic E-state index is -3.42. The van der Waals surface area contributed by atoms with Crippen LogP contribution in [0.3, 0.4) is 0 Å². The molecule has 1 atom stereocenters. The Morgan fingerprint density at radius 2 is 2.08 bits per heavy atom. The molecular formula is C15H25N3O5S. The summed E-state index contributed by atoms with van der Waals surface area (Å²) in [6.45, 7) is 5.32. The maximum atomic E-state index is 12.6. The summed E-state index contributed by atoms with van der Waals surface area (Å²) in [7, 11) is -3.42. The molecule has 1 N–H and O–H groups in total. The summed E-state index contributed by atoms with van der Waals surface area (Å²) in [5, 5.41) is 14.6. The van der Waals surface area contributed by atoms with Crippen LogP contribution in [0.5, 0.6) is 0 Å². The number of aliphatic hydroxyl groups is 1. The normalized spacial score (nSPS) is 27.2. The minimum Gasteiger partial charge on any atom is -0.381 e. The lowest BCUT2D eigenvalue weighted by atomic mass is 10.0. The summed E-state index contributed by atoms with van der Waals surface area (Å²) < 4.78 is 37.1. The highest BCUT2D eigenvalue weighted by atomic mass is 32.2. The third kappa shape index (κ3) is 3.63. The van der Waals surface area contributed by atoms with Gasteiger partial charge in [-0.3, -0.25) is 0 Å². The predicted octanol–water partition coefficient (Wildman–Crippen LogP) is 0.843. The molecule has 2 aliphatic heterocycles. The van der Waals surface area contributed by atoms with Gasteiger partial charge in [-0.05, 0) is 18.8 Å². The minimum absolute atomic E-state index is 0.0295. The van der Waals surface area contributed by atoms with Gasteiger partial charge in [0.25, 0.3) is 5.89 Å². The first-order valence-electron chi connectivity index (χ1n) is 8.42. The van der Waals surface area contributed by atoms with Crippen molar-refractivity contribution in [2.75, 3.05) is 32.1 Å². The van der Waals surface area contributed by atoms with E-state index in [0.29, 0.717) is 19.0 Å². The quantitative estimate of drug-likeness (QED) is 0.830. The van der Waals surface area contributed by atoms with Crippen molar-refractivity contribution in [2.24, 2.45) is 5.92 Å². The molecule has 3 heterocycles. The molecule has 0 spiro atoms. The molecule has 0 aromatic carbocycles. The van der Waals surface area contributed by atoms with E-state index in [1.165, 1.54) is 4.31 Å². The average molecular weight is 359 g/mol. The zero-order valence-corrected chi connectivity index (χ0v) is 15.0. The van der Waals surface area contributed by atoms with Crippen molar-refractivity contribution < 1.29 is 22.8 Å². The number of β-amino-alcohol motifs (C(OH)–C–C–N with tert-alkyl or cyclic N) is 1. The van der Waals surface area contributed by atoms with E-state index in [-0.39, 0.29) is 43.0 Å². The summed E-state index contributed by atoms with van der Waals surface area (Å²) in [5.74, 6) is 0.930. The molecule has 2 aliphatic rings. The second-order valence-electron chi connectivity index (χ2n) is 7.06. The van der Waals surface area contributed by atoms with Crippen molar-refractivity contribution >= 4 is 10.0 Å². The van der Waals surface area contributed by atoms with Crippen LogP contribution in [-0.2, 0) is 20.4 Å². The molecule has 0 radical (unpaired) electrons. The lowest BCUT2D eigenvalue weighted by molar-refractivity contribution is 0.0193. The Labute approximate surface area is 142 Å². The summed E-state index contributed by atoms with van der Waals surface area (Å²) in [6, 6.07) is 0. The molecule has 0 amide bonds. The van der Waals surface area contributed by atoms with E-state index in [1.807, 2.05) is 13.8 Å². The average Bonchev–Trinajstić information content (AvgIpc) is 3.16. The van der Waals surface area contributed by atoms with Crippen LogP contribution in [0.2, 0.25) is 0 Å². The van der Waals surface area contributed by atoms with Crippen molar-refractivity contribution in [2.45, 2.75) is 44.6 Å². The number of aromatic nitrogens is 2. The second-order valence-corrected chi connectivity index (χ2v) is 9.08. The smallest absolute Gasteiger partial charge is 0.260 e. The van der Waals surface area contributed by atoms with Crippen molar-refractivity contribution in [3.63, 3.8) is 0 Å². The Kier molecular flexibility index (Phi) is 4.96. The van der Waals surface area contributed by atoms with Crippen molar-refractivity contribution in [3.8, 4) is 0 Å². The number of ether oxygens (including phenoxy) is 1. The number of hydrogen-bond acceptors (Lipinski definition) is 7. The van der Waals surface area contributed by atoms with Gasteiger partial charge in [0.05, 0.1) is 12.3 Å².